The number of hydrogen-bond donors (Lipinski definition) is 1. The molecular weight excluding hydrogens is 507 g/mol. The Kier molecular flexibility index (Phi) is 6.26. The van der Waals surface area contributed by atoms with Gasteiger partial charge in [0.25, 0.3) is 0 Å². The molecular formula is C20H16BrIN2O2. The van der Waals surface area contributed by atoms with Gasteiger partial charge >= 0.3 is 0 Å². The Balaban J connectivity index is 1.68. The van der Waals surface area contributed by atoms with Crippen LogP contribution in [-0.2, 0) is 11.2 Å². The molecule has 6 heteroatoms. The second kappa shape index (κ2) is 8.64. The minimum atomic E-state index is -0.156. The normalized spacial score (nSPS) is 11.0. The fourth-order valence-electron chi connectivity index (χ4n) is 2.63. The first-order valence-electron chi connectivity index (χ1n) is 7.90. The molecule has 0 aliphatic carbocycles. The van der Waals surface area contributed by atoms with E-state index in [1.165, 1.54) is 0 Å². The second-order valence-electron chi connectivity index (χ2n) is 5.62. The van der Waals surface area contributed by atoms with E-state index in [4.69, 9.17) is 4.74 Å². The standard InChI is InChI=1S/C20H16BrIN2O2/c1-26-19-9-6-13(10-18(19)22)12-23-24-20(25)11-14-7-8-17(21)16-5-3-2-4-15(14)16/h2-10,12H,11H2,1H3,(H,24,25)/b23-12+. The van der Waals surface area contributed by atoms with Crippen LogP contribution in [0.15, 0.2) is 64.2 Å². The summed E-state index contributed by atoms with van der Waals surface area (Å²) in [5.41, 5.74) is 4.45. The first-order chi connectivity index (χ1) is 12.6. The number of benzene rings is 3. The lowest BCUT2D eigenvalue weighted by Crippen LogP contribution is -2.19. The summed E-state index contributed by atoms with van der Waals surface area (Å²) in [6.07, 6.45) is 1.89. The zero-order valence-electron chi connectivity index (χ0n) is 14.0. The number of amides is 1. The van der Waals surface area contributed by atoms with E-state index < -0.39 is 0 Å². The Hall–Kier alpha value is -1.93. The molecule has 0 spiro atoms. The van der Waals surface area contributed by atoms with Gasteiger partial charge in [-0.2, -0.15) is 5.10 Å². The van der Waals surface area contributed by atoms with Gasteiger partial charge in [0, 0.05) is 4.47 Å². The van der Waals surface area contributed by atoms with Crippen LogP contribution >= 0.6 is 38.5 Å². The lowest BCUT2D eigenvalue weighted by atomic mass is 10.0. The van der Waals surface area contributed by atoms with Gasteiger partial charge in [-0.1, -0.05) is 46.3 Å². The predicted molar refractivity (Wildman–Crippen MR) is 117 cm³/mol. The average Bonchev–Trinajstić information content (AvgIpc) is 2.64. The molecule has 3 aromatic carbocycles. The smallest absolute Gasteiger partial charge is 0.244 e. The maximum Gasteiger partial charge on any atom is 0.244 e. The van der Waals surface area contributed by atoms with E-state index in [9.17, 15) is 4.79 Å². The molecule has 0 aromatic heterocycles. The molecule has 3 rings (SSSR count). The minimum Gasteiger partial charge on any atom is -0.496 e. The number of nitrogens with one attached hydrogen (secondary N) is 1. The van der Waals surface area contributed by atoms with E-state index in [2.05, 4.69) is 49.0 Å². The number of nitrogens with zero attached hydrogens (tertiary/aromatic N) is 1. The zero-order valence-corrected chi connectivity index (χ0v) is 17.7. The zero-order chi connectivity index (χ0) is 18.5. The lowest BCUT2D eigenvalue weighted by Gasteiger charge is -2.07. The minimum absolute atomic E-state index is 0.156. The highest BCUT2D eigenvalue weighted by Gasteiger charge is 2.08. The van der Waals surface area contributed by atoms with Crippen LogP contribution in [0.2, 0.25) is 0 Å². The van der Waals surface area contributed by atoms with Crippen molar-refractivity contribution < 1.29 is 9.53 Å². The van der Waals surface area contributed by atoms with Gasteiger partial charge in [-0.05, 0) is 68.8 Å². The average molecular weight is 523 g/mol. The molecule has 1 amide bonds. The lowest BCUT2D eigenvalue weighted by molar-refractivity contribution is -0.120. The van der Waals surface area contributed by atoms with Crippen molar-refractivity contribution in [1.29, 1.82) is 0 Å². The second-order valence-corrected chi connectivity index (χ2v) is 7.63. The number of halogens is 2. The van der Waals surface area contributed by atoms with E-state index in [-0.39, 0.29) is 12.3 Å². The van der Waals surface area contributed by atoms with E-state index in [0.29, 0.717) is 0 Å². The summed E-state index contributed by atoms with van der Waals surface area (Å²) >= 11 is 5.75. The largest absolute Gasteiger partial charge is 0.496 e. The predicted octanol–water partition coefficient (Wildman–Crippen LogP) is 4.91. The molecule has 0 bridgehead atoms. The Labute approximate surface area is 173 Å². The maximum absolute atomic E-state index is 12.2. The van der Waals surface area contributed by atoms with Gasteiger partial charge in [0.05, 0.1) is 23.3 Å². The number of hydrogen-bond acceptors (Lipinski definition) is 3. The monoisotopic (exact) mass is 522 g/mol. The Bertz CT molecular complexity index is 989. The third kappa shape index (κ3) is 4.42. The number of methoxy groups -OCH3 is 1. The molecule has 0 atom stereocenters. The van der Waals surface area contributed by atoms with E-state index in [0.717, 1.165) is 35.7 Å². The van der Waals surface area contributed by atoms with E-state index >= 15 is 0 Å². The van der Waals surface area contributed by atoms with Crippen molar-refractivity contribution in [1.82, 2.24) is 5.43 Å². The fourth-order valence-corrected chi connectivity index (χ4v) is 3.87. The van der Waals surface area contributed by atoms with Crippen molar-refractivity contribution in [2.45, 2.75) is 6.42 Å². The van der Waals surface area contributed by atoms with E-state index in [1.807, 2.05) is 54.6 Å². The summed E-state index contributed by atoms with van der Waals surface area (Å²) in [5, 5.41) is 6.21. The molecule has 0 aliphatic rings. The van der Waals surface area contributed by atoms with Crippen molar-refractivity contribution in [2.24, 2.45) is 5.10 Å². The number of ether oxygens (including phenoxy) is 1. The molecule has 1 N–H and O–H groups in total. The molecule has 26 heavy (non-hydrogen) atoms. The van der Waals surface area contributed by atoms with Gasteiger partial charge in [0.2, 0.25) is 5.91 Å². The van der Waals surface area contributed by atoms with Crippen LogP contribution in [0.3, 0.4) is 0 Å². The molecule has 4 nitrogen and oxygen atoms in total. The SMILES string of the molecule is COc1ccc(/C=N/NC(=O)Cc2ccc(Br)c3ccccc23)cc1I. The molecule has 0 heterocycles. The van der Waals surface area contributed by atoms with Gasteiger partial charge in [-0.3, -0.25) is 4.79 Å². The highest BCUT2D eigenvalue weighted by Crippen LogP contribution is 2.27. The van der Waals surface area contributed by atoms with Crippen molar-refractivity contribution in [2.75, 3.05) is 7.11 Å². The molecule has 0 unspecified atom stereocenters. The van der Waals surface area contributed by atoms with Gasteiger partial charge in [0.1, 0.15) is 5.75 Å². The highest BCUT2D eigenvalue weighted by molar-refractivity contribution is 14.1. The first-order valence-corrected chi connectivity index (χ1v) is 9.77. The fraction of sp³-hybridized carbons (Fsp3) is 0.100. The Morgan fingerprint density at radius 1 is 1.19 bits per heavy atom. The van der Waals surface area contributed by atoms with Crippen molar-refractivity contribution >= 4 is 61.4 Å². The van der Waals surface area contributed by atoms with Crippen LogP contribution in [0.4, 0.5) is 0 Å². The van der Waals surface area contributed by atoms with Crippen LogP contribution in [0.25, 0.3) is 10.8 Å². The van der Waals surface area contributed by atoms with Crippen LogP contribution in [0.1, 0.15) is 11.1 Å². The van der Waals surface area contributed by atoms with Crippen molar-refractivity contribution in [3.63, 3.8) is 0 Å². The molecule has 132 valence electrons. The van der Waals surface area contributed by atoms with Gasteiger partial charge in [-0.25, -0.2) is 5.43 Å². The first kappa shape index (κ1) is 18.8. The van der Waals surface area contributed by atoms with Crippen LogP contribution in [-0.4, -0.2) is 19.2 Å². The van der Waals surface area contributed by atoms with Gasteiger partial charge in [0.15, 0.2) is 0 Å². The molecule has 0 aliphatic heterocycles. The molecule has 0 saturated heterocycles. The number of carbonyl (C=O) groups is 1. The topological polar surface area (TPSA) is 50.7 Å². The van der Waals surface area contributed by atoms with Crippen LogP contribution in [0.5, 0.6) is 5.75 Å². The number of hydrazone groups is 1. The molecule has 3 aromatic rings. The third-order valence-corrected chi connectivity index (χ3v) is 5.43. The summed E-state index contributed by atoms with van der Waals surface area (Å²) in [5.74, 6) is 0.658. The molecule has 0 saturated carbocycles. The summed E-state index contributed by atoms with van der Waals surface area (Å²) in [7, 11) is 1.64. The number of fused-ring (bicyclic) bond motifs is 1. The van der Waals surface area contributed by atoms with Crippen LogP contribution < -0.4 is 10.2 Å². The van der Waals surface area contributed by atoms with Crippen molar-refractivity contribution in [3.05, 3.63) is 73.8 Å². The summed E-state index contributed by atoms with van der Waals surface area (Å²) in [6.45, 7) is 0. The highest BCUT2D eigenvalue weighted by atomic mass is 127. The van der Waals surface area contributed by atoms with Gasteiger partial charge < -0.3 is 4.74 Å². The number of carbonyl (C=O) groups excluding carboxylic acids is 1. The number of rotatable bonds is 5. The maximum atomic E-state index is 12.2. The van der Waals surface area contributed by atoms with E-state index in [1.54, 1.807) is 13.3 Å². The summed E-state index contributed by atoms with van der Waals surface area (Å²) in [6, 6.07) is 17.6. The van der Waals surface area contributed by atoms with Crippen LogP contribution in [0, 0.1) is 3.57 Å². The molecule has 0 fully saturated rings. The summed E-state index contributed by atoms with van der Waals surface area (Å²) < 4.78 is 7.23. The molecule has 0 radical (unpaired) electrons. The quantitative estimate of drug-likeness (QED) is 0.294. The summed E-state index contributed by atoms with van der Waals surface area (Å²) in [4.78, 5) is 12.2. The third-order valence-electron chi connectivity index (χ3n) is 3.89. The Morgan fingerprint density at radius 2 is 1.96 bits per heavy atom. The Morgan fingerprint density at radius 3 is 2.69 bits per heavy atom. The van der Waals surface area contributed by atoms with Crippen molar-refractivity contribution in [3.8, 4) is 5.75 Å². The van der Waals surface area contributed by atoms with Gasteiger partial charge in [-0.15, -0.1) is 0 Å².